The van der Waals surface area contributed by atoms with Gasteiger partial charge in [-0.25, -0.2) is 4.39 Å². The summed E-state index contributed by atoms with van der Waals surface area (Å²) in [6, 6.07) is 4.54. The summed E-state index contributed by atoms with van der Waals surface area (Å²) < 4.78 is 13.9. The standard InChI is InChI=1S/C12H13BrFN3.HI/c1-3-6-16-12(15-2)17-8-9-7-10(14)4-5-11(9)13;/h1,4-5,7H,6,8H2,2H3,(H2,15,16,17);1H. The lowest BCUT2D eigenvalue weighted by molar-refractivity contribution is 0.624. The third-order valence-electron chi connectivity index (χ3n) is 2.04. The number of hydrogen-bond donors (Lipinski definition) is 2. The van der Waals surface area contributed by atoms with Crippen molar-refractivity contribution >= 4 is 45.9 Å². The molecule has 0 unspecified atom stereocenters. The largest absolute Gasteiger partial charge is 0.352 e. The van der Waals surface area contributed by atoms with E-state index in [2.05, 4.69) is 37.5 Å². The number of halogens is 3. The molecule has 0 aliphatic carbocycles. The van der Waals surface area contributed by atoms with Gasteiger partial charge >= 0.3 is 0 Å². The first-order chi connectivity index (χ1) is 8.17. The molecule has 98 valence electrons. The number of terminal acetylenes is 1. The minimum absolute atomic E-state index is 0. The highest BCUT2D eigenvalue weighted by Crippen LogP contribution is 2.17. The molecule has 0 fully saturated rings. The van der Waals surface area contributed by atoms with Crippen LogP contribution in [0.1, 0.15) is 5.56 Å². The molecule has 0 bridgehead atoms. The van der Waals surface area contributed by atoms with Gasteiger partial charge in [-0.2, -0.15) is 0 Å². The highest BCUT2D eigenvalue weighted by molar-refractivity contribution is 14.0. The molecular weight excluding hydrogens is 412 g/mol. The molecule has 2 N–H and O–H groups in total. The lowest BCUT2D eigenvalue weighted by atomic mass is 10.2. The van der Waals surface area contributed by atoms with Crippen LogP contribution in [0.15, 0.2) is 27.7 Å². The first-order valence-electron chi connectivity index (χ1n) is 4.99. The monoisotopic (exact) mass is 425 g/mol. The molecule has 6 heteroatoms. The molecule has 18 heavy (non-hydrogen) atoms. The number of rotatable bonds is 3. The predicted octanol–water partition coefficient (Wildman–Crippen LogP) is 2.50. The van der Waals surface area contributed by atoms with E-state index in [1.165, 1.54) is 12.1 Å². The van der Waals surface area contributed by atoms with Crippen LogP contribution in [0.2, 0.25) is 0 Å². The Morgan fingerprint density at radius 3 is 2.83 bits per heavy atom. The second kappa shape index (κ2) is 9.16. The van der Waals surface area contributed by atoms with Crippen LogP contribution in [0.4, 0.5) is 4.39 Å². The number of guanidine groups is 1. The first kappa shape index (κ1) is 17.2. The van der Waals surface area contributed by atoms with Gasteiger partial charge in [0.15, 0.2) is 5.96 Å². The summed E-state index contributed by atoms with van der Waals surface area (Å²) >= 11 is 3.36. The highest BCUT2D eigenvalue weighted by Gasteiger charge is 2.02. The quantitative estimate of drug-likeness (QED) is 0.338. The van der Waals surface area contributed by atoms with Crippen molar-refractivity contribution in [3.8, 4) is 12.3 Å². The molecule has 0 radical (unpaired) electrons. The molecule has 0 aliphatic heterocycles. The second-order valence-corrected chi connectivity index (χ2v) is 4.07. The molecule has 1 rings (SSSR count). The zero-order valence-corrected chi connectivity index (χ0v) is 13.8. The molecule has 3 nitrogen and oxygen atoms in total. The molecule has 0 aliphatic rings. The molecule has 0 atom stereocenters. The van der Waals surface area contributed by atoms with Crippen LogP contribution in [0.25, 0.3) is 0 Å². The Balaban J connectivity index is 0.00000289. The zero-order valence-electron chi connectivity index (χ0n) is 9.84. The third-order valence-corrected chi connectivity index (χ3v) is 2.81. The minimum Gasteiger partial charge on any atom is -0.352 e. The van der Waals surface area contributed by atoms with Crippen LogP contribution < -0.4 is 10.6 Å². The van der Waals surface area contributed by atoms with Gasteiger partial charge in [-0.15, -0.1) is 30.4 Å². The van der Waals surface area contributed by atoms with E-state index in [-0.39, 0.29) is 29.8 Å². The second-order valence-electron chi connectivity index (χ2n) is 3.22. The molecule has 0 amide bonds. The smallest absolute Gasteiger partial charge is 0.192 e. The lowest BCUT2D eigenvalue weighted by Gasteiger charge is -2.11. The van der Waals surface area contributed by atoms with E-state index in [1.807, 2.05) is 0 Å². The summed E-state index contributed by atoms with van der Waals surface area (Å²) in [6.07, 6.45) is 5.13. The number of aliphatic imine (C=N–C) groups is 1. The number of nitrogens with one attached hydrogen (secondary N) is 2. The molecule has 0 heterocycles. The van der Waals surface area contributed by atoms with Crippen molar-refractivity contribution < 1.29 is 4.39 Å². The van der Waals surface area contributed by atoms with Gasteiger partial charge in [0, 0.05) is 18.1 Å². The Bertz CT molecular complexity index is 457. The van der Waals surface area contributed by atoms with Crippen molar-refractivity contribution in [3.63, 3.8) is 0 Å². The molecule has 0 spiro atoms. The fraction of sp³-hybridized carbons (Fsp3) is 0.250. The van der Waals surface area contributed by atoms with Gasteiger partial charge < -0.3 is 10.6 Å². The molecule has 1 aromatic rings. The van der Waals surface area contributed by atoms with Crippen LogP contribution in [-0.4, -0.2) is 19.6 Å². The zero-order chi connectivity index (χ0) is 12.7. The number of benzene rings is 1. The van der Waals surface area contributed by atoms with Gasteiger partial charge in [0.25, 0.3) is 0 Å². The van der Waals surface area contributed by atoms with Gasteiger partial charge in [0.1, 0.15) is 5.82 Å². The van der Waals surface area contributed by atoms with Gasteiger partial charge in [0.2, 0.25) is 0 Å². The summed E-state index contributed by atoms with van der Waals surface area (Å²) in [7, 11) is 1.65. The van der Waals surface area contributed by atoms with Gasteiger partial charge in [0.05, 0.1) is 6.54 Å². The normalized spacial score (nSPS) is 10.2. The number of hydrogen-bond acceptors (Lipinski definition) is 1. The Morgan fingerprint density at radius 2 is 2.22 bits per heavy atom. The van der Waals surface area contributed by atoms with E-state index < -0.39 is 0 Å². The Hall–Kier alpha value is -0.810. The third kappa shape index (κ3) is 5.69. The maximum Gasteiger partial charge on any atom is 0.192 e. The molecule has 0 aromatic heterocycles. The Labute approximate surface area is 132 Å². The average molecular weight is 426 g/mol. The van der Waals surface area contributed by atoms with Crippen LogP contribution in [-0.2, 0) is 6.54 Å². The summed E-state index contributed by atoms with van der Waals surface area (Å²) in [5.41, 5.74) is 0.814. The van der Waals surface area contributed by atoms with E-state index in [0.29, 0.717) is 19.0 Å². The number of nitrogens with zero attached hydrogens (tertiary/aromatic N) is 1. The van der Waals surface area contributed by atoms with Crippen LogP contribution in [0.3, 0.4) is 0 Å². The van der Waals surface area contributed by atoms with Crippen molar-refractivity contribution in [3.05, 3.63) is 34.1 Å². The summed E-state index contributed by atoms with van der Waals surface area (Å²) in [5, 5.41) is 5.95. The highest BCUT2D eigenvalue weighted by atomic mass is 127. The fourth-order valence-corrected chi connectivity index (χ4v) is 1.60. The topological polar surface area (TPSA) is 36.4 Å². The summed E-state index contributed by atoms with van der Waals surface area (Å²) in [4.78, 5) is 3.98. The average Bonchev–Trinajstić information content (AvgIpc) is 2.33. The maximum absolute atomic E-state index is 13.0. The van der Waals surface area contributed by atoms with Gasteiger partial charge in [-0.1, -0.05) is 21.9 Å². The van der Waals surface area contributed by atoms with Crippen molar-refractivity contribution in [1.82, 2.24) is 10.6 Å². The fourth-order valence-electron chi connectivity index (χ4n) is 1.21. The maximum atomic E-state index is 13.0. The first-order valence-corrected chi connectivity index (χ1v) is 5.78. The molecular formula is C12H14BrFIN3. The molecule has 1 aromatic carbocycles. The van der Waals surface area contributed by atoms with Crippen molar-refractivity contribution in [1.29, 1.82) is 0 Å². The van der Waals surface area contributed by atoms with Crippen molar-refractivity contribution in [2.75, 3.05) is 13.6 Å². The van der Waals surface area contributed by atoms with Gasteiger partial charge in [-0.3, -0.25) is 4.99 Å². The summed E-state index contributed by atoms with van der Waals surface area (Å²) in [5.74, 6) is 2.77. The van der Waals surface area contributed by atoms with Gasteiger partial charge in [-0.05, 0) is 23.8 Å². The van der Waals surface area contributed by atoms with Crippen LogP contribution in [0, 0.1) is 18.2 Å². The van der Waals surface area contributed by atoms with Crippen LogP contribution >= 0.6 is 39.9 Å². The Kier molecular flexibility index (Phi) is 8.75. The summed E-state index contributed by atoms with van der Waals surface area (Å²) in [6.45, 7) is 0.854. The SMILES string of the molecule is C#CCNC(=NC)NCc1cc(F)ccc1Br.I. The molecule has 0 saturated carbocycles. The van der Waals surface area contributed by atoms with E-state index in [1.54, 1.807) is 13.1 Å². The van der Waals surface area contributed by atoms with E-state index in [0.717, 1.165) is 10.0 Å². The molecule has 0 saturated heterocycles. The van der Waals surface area contributed by atoms with E-state index in [9.17, 15) is 4.39 Å². The van der Waals surface area contributed by atoms with E-state index in [4.69, 9.17) is 6.42 Å². The predicted molar refractivity (Wildman–Crippen MR) is 86.5 cm³/mol. The minimum atomic E-state index is -0.267. The van der Waals surface area contributed by atoms with Crippen molar-refractivity contribution in [2.24, 2.45) is 4.99 Å². The van der Waals surface area contributed by atoms with Crippen molar-refractivity contribution in [2.45, 2.75) is 6.54 Å². The lowest BCUT2D eigenvalue weighted by Crippen LogP contribution is -2.37. The van der Waals surface area contributed by atoms with E-state index >= 15 is 0 Å². The Morgan fingerprint density at radius 1 is 1.50 bits per heavy atom. The van der Waals surface area contributed by atoms with Crippen LogP contribution in [0.5, 0.6) is 0 Å².